The molecule has 0 aromatic heterocycles. The molecule has 4 rings (SSSR count). The largest absolute Gasteiger partial charge is 0.494 e. The number of para-hydroxylation sites is 1. The molecule has 2 aromatic carbocycles. The smallest absolute Gasteiger partial charge is 0.258 e. The molecule has 2 aromatic rings. The van der Waals surface area contributed by atoms with E-state index in [0.29, 0.717) is 12.1 Å². The summed E-state index contributed by atoms with van der Waals surface area (Å²) >= 11 is 0. The first-order valence-electron chi connectivity index (χ1n) is 10.7. The van der Waals surface area contributed by atoms with Crippen molar-refractivity contribution in [2.24, 2.45) is 0 Å². The number of rotatable bonds is 7. The Morgan fingerprint density at radius 2 is 2.00 bits per heavy atom. The van der Waals surface area contributed by atoms with Gasteiger partial charge < -0.3 is 19.7 Å². The van der Waals surface area contributed by atoms with Crippen LogP contribution in [0.4, 0.5) is 5.69 Å². The second-order valence-electron chi connectivity index (χ2n) is 8.02. The van der Waals surface area contributed by atoms with Gasteiger partial charge in [0.25, 0.3) is 5.91 Å². The molecule has 5 heteroatoms. The van der Waals surface area contributed by atoms with Crippen molar-refractivity contribution in [3.05, 3.63) is 59.7 Å². The topological polar surface area (TPSA) is 50.8 Å². The number of hydrogen-bond acceptors (Lipinski definition) is 4. The molecule has 1 N–H and O–H groups in total. The third-order valence-electron chi connectivity index (χ3n) is 5.91. The van der Waals surface area contributed by atoms with Crippen LogP contribution in [0.5, 0.6) is 5.75 Å². The molecule has 2 aliphatic heterocycles. The van der Waals surface area contributed by atoms with Gasteiger partial charge in [0.05, 0.1) is 18.3 Å². The van der Waals surface area contributed by atoms with Gasteiger partial charge in [-0.2, -0.15) is 0 Å². The first-order chi connectivity index (χ1) is 14.1. The Morgan fingerprint density at radius 3 is 2.72 bits per heavy atom. The van der Waals surface area contributed by atoms with Crippen LogP contribution in [0.25, 0.3) is 0 Å². The van der Waals surface area contributed by atoms with Crippen LogP contribution in [-0.2, 0) is 10.4 Å². The number of carbonyl (C=O) groups excluding carboxylic acids is 1. The predicted octanol–water partition coefficient (Wildman–Crippen LogP) is 4.79. The lowest BCUT2D eigenvalue weighted by atomic mass is 9.93. The number of fused-ring (bicyclic) bond motifs is 1. The number of nitrogens with zero attached hydrogens (tertiary/aromatic N) is 1. The summed E-state index contributed by atoms with van der Waals surface area (Å²) in [5.41, 5.74) is 1.95. The van der Waals surface area contributed by atoms with Crippen molar-refractivity contribution in [2.75, 3.05) is 25.1 Å². The second-order valence-corrected chi connectivity index (χ2v) is 8.02. The first kappa shape index (κ1) is 19.8. The van der Waals surface area contributed by atoms with Crippen LogP contribution in [0.3, 0.4) is 0 Å². The summed E-state index contributed by atoms with van der Waals surface area (Å²) in [6, 6.07) is 15.8. The summed E-state index contributed by atoms with van der Waals surface area (Å²) < 4.78 is 11.7. The van der Waals surface area contributed by atoms with E-state index < -0.39 is 5.66 Å². The van der Waals surface area contributed by atoms with Gasteiger partial charge in [0.15, 0.2) is 0 Å². The molecule has 0 radical (unpaired) electrons. The average Bonchev–Trinajstić information content (AvgIpc) is 3.25. The molecule has 2 unspecified atom stereocenters. The molecule has 0 spiro atoms. The summed E-state index contributed by atoms with van der Waals surface area (Å²) in [6.07, 6.45) is 4.28. The third-order valence-corrected chi connectivity index (χ3v) is 5.91. The van der Waals surface area contributed by atoms with E-state index in [1.807, 2.05) is 41.3 Å². The molecule has 2 aliphatic rings. The molecule has 0 aliphatic carbocycles. The summed E-state index contributed by atoms with van der Waals surface area (Å²) in [7, 11) is 0. The van der Waals surface area contributed by atoms with E-state index in [9.17, 15) is 4.79 Å². The van der Waals surface area contributed by atoms with Crippen LogP contribution in [0.1, 0.15) is 55.5 Å². The molecular weight excluding hydrogens is 364 g/mol. The number of ether oxygens (including phenoxy) is 2. The molecule has 154 valence electrons. The van der Waals surface area contributed by atoms with E-state index in [-0.39, 0.29) is 12.0 Å². The Labute approximate surface area is 173 Å². The Hall–Kier alpha value is -2.53. The van der Waals surface area contributed by atoms with Crippen molar-refractivity contribution in [1.29, 1.82) is 0 Å². The second kappa shape index (κ2) is 8.46. The SMILES string of the molecule is CCCCOc1ccc(C2(C)Nc3ccccc3C(=O)N2CC2CCCO2)cc1. The molecule has 0 saturated carbocycles. The van der Waals surface area contributed by atoms with Gasteiger partial charge in [-0.1, -0.05) is 37.6 Å². The number of amides is 1. The van der Waals surface area contributed by atoms with Gasteiger partial charge in [-0.3, -0.25) is 4.79 Å². The standard InChI is InChI=1S/C24H30N2O3/c1-3-4-15-28-19-13-11-18(12-14-19)24(2)25-22-10-6-5-9-21(22)23(27)26(24)17-20-8-7-16-29-20/h5-6,9-14,20,25H,3-4,7-8,15-17H2,1-2H3. The van der Waals surface area contributed by atoms with Gasteiger partial charge in [0, 0.05) is 18.8 Å². The Balaban J connectivity index is 1.64. The van der Waals surface area contributed by atoms with Crippen molar-refractivity contribution in [1.82, 2.24) is 4.90 Å². The monoisotopic (exact) mass is 394 g/mol. The Morgan fingerprint density at radius 1 is 1.21 bits per heavy atom. The maximum Gasteiger partial charge on any atom is 0.258 e. The van der Waals surface area contributed by atoms with Gasteiger partial charge in [-0.05, 0) is 56.0 Å². The molecule has 1 fully saturated rings. The highest BCUT2D eigenvalue weighted by molar-refractivity contribution is 6.02. The first-order valence-corrected chi connectivity index (χ1v) is 10.7. The zero-order chi connectivity index (χ0) is 20.3. The highest BCUT2D eigenvalue weighted by Gasteiger charge is 2.43. The highest BCUT2D eigenvalue weighted by Crippen LogP contribution is 2.39. The maximum absolute atomic E-state index is 13.4. The Kier molecular flexibility index (Phi) is 5.76. The van der Waals surface area contributed by atoms with Crippen molar-refractivity contribution in [3.8, 4) is 5.75 Å². The lowest BCUT2D eigenvalue weighted by Crippen LogP contribution is -2.57. The maximum atomic E-state index is 13.4. The lowest BCUT2D eigenvalue weighted by molar-refractivity contribution is 0.0242. The average molecular weight is 395 g/mol. The van der Waals surface area contributed by atoms with Gasteiger partial charge in [-0.15, -0.1) is 0 Å². The van der Waals surface area contributed by atoms with E-state index in [2.05, 4.69) is 31.3 Å². The zero-order valence-corrected chi connectivity index (χ0v) is 17.3. The highest BCUT2D eigenvalue weighted by atomic mass is 16.5. The van der Waals surface area contributed by atoms with E-state index in [0.717, 1.165) is 55.9 Å². The molecule has 1 amide bonds. The number of hydrogen-bond donors (Lipinski definition) is 1. The molecule has 29 heavy (non-hydrogen) atoms. The van der Waals surface area contributed by atoms with Gasteiger partial charge in [0.1, 0.15) is 11.4 Å². The van der Waals surface area contributed by atoms with E-state index in [4.69, 9.17) is 9.47 Å². The van der Waals surface area contributed by atoms with Crippen LogP contribution in [0.2, 0.25) is 0 Å². The van der Waals surface area contributed by atoms with Crippen LogP contribution in [0.15, 0.2) is 48.5 Å². The number of carbonyl (C=O) groups is 1. The molecule has 1 saturated heterocycles. The minimum Gasteiger partial charge on any atom is -0.494 e. The summed E-state index contributed by atoms with van der Waals surface area (Å²) in [6.45, 7) is 6.30. The van der Waals surface area contributed by atoms with Gasteiger partial charge in [0.2, 0.25) is 0 Å². The number of anilines is 1. The van der Waals surface area contributed by atoms with Crippen LogP contribution in [-0.4, -0.2) is 36.7 Å². The fourth-order valence-electron chi connectivity index (χ4n) is 4.15. The molecule has 0 bridgehead atoms. The van der Waals surface area contributed by atoms with Crippen LogP contribution in [0, 0.1) is 0 Å². The summed E-state index contributed by atoms with van der Waals surface area (Å²) in [4.78, 5) is 15.4. The number of unbranched alkanes of at least 4 members (excludes halogenated alkanes) is 1. The van der Waals surface area contributed by atoms with E-state index in [1.54, 1.807) is 0 Å². The minimum absolute atomic E-state index is 0.0422. The van der Waals surface area contributed by atoms with E-state index >= 15 is 0 Å². The minimum atomic E-state index is -0.653. The lowest BCUT2D eigenvalue weighted by Gasteiger charge is -2.47. The molecular formula is C24H30N2O3. The van der Waals surface area contributed by atoms with Gasteiger partial charge in [-0.25, -0.2) is 0 Å². The number of nitrogens with one attached hydrogen (secondary N) is 1. The van der Waals surface area contributed by atoms with Crippen molar-refractivity contribution < 1.29 is 14.3 Å². The quantitative estimate of drug-likeness (QED) is 0.687. The number of benzene rings is 2. The molecule has 2 heterocycles. The van der Waals surface area contributed by atoms with Crippen molar-refractivity contribution in [3.63, 3.8) is 0 Å². The summed E-state index contributed by atoms with van der Waals surface area (Å²) in [5.74, 6) is 0.902. The van der Waals surface area contributed by atoms with Crippen molar-refractivity contribution in [2.45, 2.75) is 51.3 Å². The summed E-state index contributed by atoms with van der Waals surface area (Å²) in [5, 5.41) is 3.62. The normalized spacial score (nSPS) is 23.6. The predicted molar refractivity (Wildman–Crippen MR) is 114 cm³/mol. The van der Waals surface area contributed by atoms with Crippen LogP contribution >= 0.6 is 0 Å². The fourth-order valence-corrected chi connectivity index (χ4v) is 4.15. The fraction of sp³-hybridized carbons (Fsp3) is 0.458. The molecule has 2 atom stereocenters. The molecule has 5 nitrogen and oxygen atoms in total. The van der Waals surface area contributed by atoms with Gasteiger partial charge >= 0.3 is 0 Å². The third kappa shape index (κ3) is 3.97. The van der Waals surface area contributed by atoms with E-state index in [1.165, 1.54) is 0 Å². The van der Waals surface area contributed by atoms with Crippen LogP contribution < -0.4 is 10.1 Å². The van der Waals surface area contributed by atoms with Crippen molar-refractivity contribution >= 4 is 11.6 Å². The Bertz CT molecular complexity index is 845. The zero-order valence-electron chi connectivity index (χ0n) is 17.3.